The molecule has 0 spiro atoms. The summed E-state index contributed by atoms with van der Waals surface area (Å²) in [6.45, 7) is 9.31. The van der Waals surface area contributed by atoms with Crippen molar-refractivity contribution in [3.8, 4) is 0 Å². The number of likely N-dealkylation sites (N-methyl/N-ethyl adjacent to an activating group) is 1. The van der Waals surface area contributed by atoms with Crippen LogP contribution in [-0.2, 0) is 4.74 Å². The van der Waals surface area contributed by atoms with Crippen LogP contribution in [0.15, 0.2) is 0 Å². The third kappa shape index (κ3) is 5.85. The van der Waals surface area contributed by atoms with Crippen molar-refractivity contribution in [2.45, 2.75) is 26.7 Å². The summed E-state index contributed by atoms with van der Waals surface area (Å²) in [6.07, 6.45) is 0. The average Bonchev–Trinajstić information content (AvgIpc) is 2.43. The van der Waals surface area contributed by atoms with Gasteiger partial charge in [-0.2, -0.15) is 0 Å². The van der Waals surface area contributed by atoms with Crippen LogP contribution in [0, 0.1) is 6.92 Å². The van der Waals surface area contributed by atoms with Gasteiger partial charge in [0.1, 0.15) is 17.5 Å². The van der Waals surface area contributed by atoms with E-state index in [2.05, 4.69) is 39.3 Å². The van der Waals surface area contributed by atoms with E-state index in [1.54, 1.807) is 0 Å². The number of nitrogens with zero attached hydrogens (tertiary/aromatic N) is 3. The Bertz CT molecular complexity index is 434. The molecule has 1 rings (SSSR count). The molecule has 0 saturated heterocycles. The first kappa shape index (κ1) is 17.7. The van der Waals surface area contributed by atoms with Gasteiger partial charge in [-0.15, -0.1) is 0 Å². The number of hydrogen-bond acceptors (Lipinski definition) is 6. The maximum absolute atomic E-state index is 5.58. The van der Waals surface area contributed by atoms with Gasteiger partial charge >= 0.3 is 0 Å². The molecule has 1 aromatic heterocycles. The Morgan fingerprint density at radius 2 is 1.81 bits per heavy atom. The second kappa shape index (κ2) is 8.79. The molecule has 6 heteroatoms. The molecule has 0 radical (unpaired) electrons. The standard InChI is InChI=1S/C15H29N5O/c1-11(2)13-18-14(16-4)12(3)15(19-13)17-7-9-21-10-8-20(5)6/h11H,7-10H2,1-6H3,(H2,16,17,18,19). The summed E-state index contributed by atoms with van der Waals surface area (Å²) in [6, 6.07) is 0. The maximum Gasteiger partial charge on any atom is 0.135 e. The van der Waals surface area contributed by atoms with E-state index in [0.717, 1.165) is 42.7 Å². The molecule has 0 unspecified atom stereocenters. The number of nitrogens with one attached hydrogen (secondary N) is 2. The fourth-order valence-electron chi connectivity index (χ4n) is 1.80. The SMILES string of the molecule is CNc1nc(C(C)C)nc(NCCOCCN(C)C)c1C. The van der Waals surface area contributed by atoms with Gasteiger partial charge in [0.2, 0.25) is 0 Å². The fraction of sp³-hybridized carbons (Fsp3) is 0.733. The molecule has 6 nitrogen and oxygen atoms in total. The van der Waals surface area contributed by atoms with Gasteiger partial charge in [0, 0.05) is 31.6 Å². The molecule has 0 atom stereocenters. The highest BCUT2D eigenvalue weighted by molar-refractivity contribution is 5.57. The fourth-order valence-corrected chi connectivity index (χ4v) is 1.80. The number of anilines is 2. The van der Waals surface area contributed by atoms with E-state index in [1.165, 1.54) is 0 Å². The summed E-state index contributed by atoms with van der Waals surface area (Å²) in [5.74, 6) is 2.91. The summed E-state index contributed by atoms with van der Waals surface area (Å²) >= 11 is 0. The van der Waals surface area contributed by atoms with Crippen molar-refractivity contribution in [1.82, 2.24) is 14.9 Å². The summed E-state index contributed by atoms with van der Waals surface area (Å²) < 4.78 is 5.58. The van der Waals surface area contributed by atoms with Crippen LogP contribution in [0.25, 0.3) is 0 Å². The first-order chi connectivity index (χ1) is 9.95. The largest absolute Gasteiger partial charge is 0.378 e. The molecule has 0 aliphatic carbocycles. The predicted molar refractivity (Wildman–Crippen MR) is 88.3 cm³/mol. The lowest BCUT2D eigenvalue weighted by Gasteiger charge is -2.15. The number of aromatic nitrogens is 2. The van der Waals surface area contributed by atoms with Crippen molar-refractivity contribution in [2.75, 3.05) is 58.1 Å². The second-order valence-electron chi connectivity index (χ2n) is 5.65. The van der Waals surface area contributed by atoms with Crippen molar-refractivity contribution < 1.29 is 4.74 Å². The van der Waals surface area contributed by atoms with Crippen LogP contribution in [0.3, 0.4) is 0 Å². The Labute approximate surface area is 128 Å². The Balaban J connectivity index is 2.55. The lowest BCUT2D eigenvalue weighted by molar-refractivity contribution is 0.126. The van der Waals surface area contributed by atoms with E-state index in [-0.39, 0.29) is 0 Å². The molecule has 0 saturated carbocycles. The average molecular weight is 295 g/mol. The van der Waals surface area contributed by atoms with E-state index >= 15 is 0 Å². The van der Waals surface area contributed by atoms with Gasteiger partial charge in [0.25, 0.3) is 0 Å². The minimum absolute atomic E-state index is 0.301. The predicted octanol–water partition coefficient (Wildman–Crippen LogP) is 1.94. The van der Waals surface area contributed by atoms with Crippen LogP contribution in [0.4, 0.5) is 11.6 Å². The van der Waals surface area contributed by atoms with Crippen LogP contribution in [0.1, 0.15) is 31.2 Å². The Hall–Kier alpha value is -1.40. The normalized spacial score (nSPS) is 11.2. The Morgan fingerprint density at radius 3 is 2.38 bits per heavy atom. The lowest BCUT2D eigenvalue weighted by atomic mass is 10.2. The molecule has 0 amide bonds. The molecule has 0 fully saturated rings. The highest BCUT2D eigenvalue weighted by Crippen LogP contribution is 2.22. The van der Waals surface area contributed by atoms with Crippen LogP contribution >= 0.6 is 0 Å². The van der Waals surface area contributed by atoms with Gasteiger partial charge in [-0.05, 0) is 21.0 Å². The number of ether oxygens (including phenoxy) is 1. The van der Waals surface area contributed by atoms with E-state index < -0.39 is 0 Å². The van der Waals surface area contributed by atoms with E-state index in [4.69, 9.17) is 4.74 Å². The molecular weight excluding hydrogens is 266 g/mol. The minimum atomic E-state index is 0.301. The maximum atomic E-state index is 5.58. The Kier molecular flexibility index (Phi) is 7.39. The van der Waals surface area contributed by atoms with Gasteiger partial charge < -0.3 is 20.3 Å². The minimum Gasteiger partial charge on any atom is -0.378 e. The van der Waals surface area contributed by atoms with E-state index in [1.807, 2.05) is 28.1 Å². The molecule has 1 heterocycles. The molecule has 120 valence electrons. The van der Waals surface area contributed by atoms with Crippen LogP contribution in [0.5, 0.6) is 0 Å². The topological polar surface area (TPSA) is 62.3 Å². The molecule has 2 N–H and O–H groups in total. The number of rotatable bonds is 9. The second-order valence-corrected chi connectivity index (χ2v) is 5.65. The van der Waals surface area contributed by atoms with E-state index in [0.29, 0.717) is 12.5 Å². The summed E-state index contributed by atoms with van der Waals surface area (Å²) in [5.41, 5.74) is 1.04. The zero-order valence-electron chi connectivity index (χ0n) is 14.2. The summed E-state index contributed by atoms with van der Waals surface area (Å²) in [4.78, 5) is 11.2. The van der Waals surface area contributed by atoms with Gasteiger partial charge in [-0.25, -0.2) is 9.97 Å². The molecule has 1 aromatic rings. The van der Waals surface area contributed by atoms with Crippen LogP contribution in [-0.4, -0.2) is 62.3 Å². The van der Waals surface area contributed by atoms with Crippen molar-refractivity contribution in [1.29, 1.82) is 0 Å². The van der Waals surface area contributed by atoms with Gasteiger partial charge in [-0.1, -0.05) is 13.8 Å². The van der Waals surface area contributed by atoms with Gasteiger partial charge in [-0.3, -0.25) is 0 Å². The lowest BCUT2D eigenvalue weighted by Crippen LogP contribution is -2.20. The zero-order valence-corrected chi connectivity index (χ0v) is 14.2. The zero-order chi connectivity index (χ0) is 15.8. The highest BCUT2D eigenvalue weighted by Gasteiger charge is 2.11. The summed E-state index contributed by atoms with van der Waals surface area (Å²) in [5, 5.41) is 6.47. The monoisotopic (exact) mass is 295 g/mol. The third-order valence-electron chi connectivity index (χ3n) is 3.14. The first-order valence-corrected chi connectivity index (χ1v) is 7.48. The Morgan fingerprint density at radius 1 is 1.14 bits per heavy atom. The van der Waals surface area contributed by atoms with Gasteiger partial charge in [0.15, 0.2) is 0 Å². The van der Waals surface area contributed by atoms with Crippen molar-refractivity contribution in [3.63, 3.8) is 0 Å². The molecule has 0 aliphatic rings. The smallest absolute Gasteiger partial charge is 0.135 e. The quantitative estimate of drug-likeness (QED) is 0.679. The van der Waals surface area contributed by atoms with Crippen molar-refractivity contribution in [2.24, 2.45) is 0 Å². The van der Waals surface area contributed by atoms with Crippen molar-refractivity contribution >= 4 is 11.6 Å². The first-order valence-electron chi connectivity index (χ1n) is 7.48. The third-order valence-corrected chi connectivity index (χ3v) is 3.14. The van der Waals surface area contributed by atoms with Crippen LogP contribution < -0.4 is 10.6 Å². The summed E-state index contributed by atoms with van der Waals surface area (Å²) in [7, 11) is 5.96. The highest BCUT2D eigenvalue weighted by atomic mass is 16.5. The molecular formula is C15H29N5O. The molecule has 0 bridgehead atoms. The molecule has 0 aliphatic heterocycles. The van der Waals surface area contributed by atoms with E-state index in [9.17, 15) is 0 Å². The molecule has 0 aromatic carbocycles. The van der Waals surface area contributed by atoms with Crippen LogP contribution in [0.2, 0.25) is 0 Å². The molecule has 21 heavy (non-hydrogen) atoms. The van der Waals surface area contributed by atoms with Crippen molar-refractivity contribution in [3.05, 3.63) is 11.4 Å². The number of hydrogen-bond donors (Lipinski definition) is 2. The van der Waals surface area contributed by atoms with Gasteiger partial charge in [0.05, 0.1) is 13.2 Å².